The monoisotopic (exact) mass is 332 g/mol. The third kappa shape index (κ3) is 9.15. The molecule has 22 heavy (non-hydrogen) atoms. The lowest BCUT2D eigenvalue weighted by Crippen LogP contribution is -2.51. The number of urea groups is 1. The zero-order valence-corrected chi connectivity index (χ0v) is 15.0. The van der Waals surface area contributed by atoms with Crippen molar-refractivity contribution >= 4 is 24.6 Å². The van der Waals surface area contributed by atoms with Gasteiger partial charge in [-0.05, 0) is 38.1 Å². The molecule has 0 aliphatic rings. The zero-order chi connectivity index (χ0) is 17.0. The predicted octanol–water partition coefficient (Wildman–Crippen LogP) is 1.22. The van der Waals surface area contributed by atoms with Gasteiger partial charge in [0.25, 0.3) is 0 Å². The number of hydrogen-bond donors (Lipinski definition) is 4. The molecule has 0 bridgehead atoms. The summed E-state index contributed by atoms with van der Waals surface area (Å²) >= 11 is 4.20. The van der Waals surface area contributed by atoms with Gasteiger partial charge in [0.05, 0.1) is 0 Å². The Morgan fingerprint density at radius 3 is 2.36 bits per heavy atom. The van der Waals surface area contributed by atoms with Crippen LogP contribution in [0.1, 0.15) is 39.5 Å². The van der Waals surface area contributed by atoms with Gasteiger partial charge in [-0.2, -0.15) is 12.6 Å². The highest BCUT2D eigenvalue weighted by Crippen LogP contribution is 2.05. The highest BCUT2D eigenvalue weighted by atomic mass is 32.1. The summed E-state index contributed by atoms with van der Waals surface area (Å²) in [4.78, 5) is 26.0. The molecule has 0 spiro atoms. The lowest BCUT2D eigenvalue weighted by atomic mass is 10.1. The number of likely N-dealkylation sites (N-methyl/N-ethyl adjacent to an activating group) is 1. The van der Waals surface area contributed by atoms with Crippen molar-refractivity contribution in [1.82, 2.24) is 15.5 Å². The molecule has 0 aliphatic heterocycles. The predicted molar refractivity (Wildman–Crippen MR) is 94.2 cm³/mol. The second-order valence-electron chi connectivity index (χ2n) is 5.79. The van der Waals surface area contributed by atoms with Crippen molar-refractivity contribution in [2.24, 2.45) is 11.7 Å². The van der Waals surface area contributed by atoms with Gasteiger partial charge in [0.1, 0.15) is 6.04 Å². The van der Waals surface area contributed by atoms with Gasteiger partial charge in [-0.15, -0.1) is 0 Å². The molecule has 0 radical (unpaired) electrons. The highest BCUT2D eigenvalue weighted by Gasteiger charge is 2.22. The smallest absolute Gasteiger partial charge is 0.318 e. The Bertz CT molecular complexity index is 327. The normalized spacial score (nSPS) is 12.1. The Labute approximate surface area is 140 Å². The van der Waals surface area contributed by atoms with Crippen molar-refractivity contribution in [2.75, 3.05) is 32.4 Å². The molecule has 0 saturated carbocycles. The summed E-state index contributed by atoms with van der Waals surface area (Å²) in [5, 5.41) is 5.44. The zero-order valence-electron chi connectivity index (χ0n) is 14.1. The summed E-state index contributed by atoms with van der Waals surface area (Å²) in [6.07, 6.45) is 3.19. The number of carbonyl (C=O) groups is 2. The number of nitrogens with two attached hydrogens (primary N) is 1. The average Bonchev–Trinajstić information content (AvgIpc) is 2.49. The Balaban J connectivity index is 4.61. The molecule has 0 saturated heterocycles. The number of carbonyl (C=O) groups excluding carboxylic acids is 2. The van der Waals surface area contributed by atoms with Crippen LogP contribution in [0.15, 0.2) is 0 Å². The van der Waals surface area contributed by atoms with E-state index in [4.69, 9.17) is 5.73 Å². The molecule has 4 N–H and O–H groups in total. The lowest BCUT2D eigenvalue weighted by molar-refractivity contribution is -0.122. The van der Waals surface area contributed by atoms with Gasteiger partial charge < -0.3 is 21.3 Å². The largest absolute Gasteiger partial charge is 0.357 e. The Kier molecular flexibility index (Phi) is 12.0. The number of nitrogens with zero attached hydrogens (tertiary/aromatic N) is 1. The summed E-state index contributed by atoms with van der Waals surface area (Å²) in [5.74, 6) is 0.957. The van der Waals surface area contributed by atoms with Crippen molar-refractivity contribution in [3.05, 3.63) is 0 Å². The molecule has 1 atom stereocenters. The van der Waals surface area contributed by atoms with Crippen LogP contribution in [0.2, 0.25) is 0 Å². The van der Waals surface area contributed by atoms with Crippen molar-refractivity contribution in [3.8, 4) is 0 Å². The van der Waals surface area contributed by atoms with E-state index in [9.17, 15) is 9.59 Å². The minimum Gasteiger partial charge on any atom is -0.357 e. The molecule has 6 nitrogen and oxygen atoms in total. The molecular weight excluding hydrogens is 300 g/mol. The maximum Gasteiger partial charge on any atom is 0.318 e. The van der Waals surface area contributed by atoms with E-state index >= 15 is 0 Å². The van der Waals surface area contributed by atoms with Gasteiger partial charge in [-0.3, -0.25) is 4.79 Å². The molecule has 0 rings (SSSR count). The maximum absolute atomic E-state index is 12.4. The molecule has 0 aromatic rings. The maximum atomic E-state index is 12.4. The number of thiol groups is 1. The van der Waals surface area contributed by atoms with E-state index in [0.29, 0.717) is 37.7 Å². The van der Waals surface area contributed by atoms with Crippen LogP contribution in [0.3, 0.4) is 0 Å². The third-order valence-corrected chi connectivity index (χ3v) is 3.64. The minimum atomic E-state index is -0.509. The van der Waals surface area contributed by atoms with E-state index in [1.807, 2.05) is 0 Å². The SMILES string of the molecule is CNC(=O)C(CCCCN)NC(=O)N(CCS)CCC(C)C. The molecule has 130 valence electrons. The van der Waals surface area contributed by atoms with E-state index < -0.39 is 6.04 Å². The number of amides is 3. The van der Waals surface area contributed by atoms with Crippen molar-refractivity contribution in [2.45, 2.75) is 45.6 Å². The van der Waals surface area contributed by atoms with Crippen LogP contribution in [0.5, 0.6) is 0 Å². The van der Waals surface area contributed by atoms with Crippen LogP contribution in [0.25, 0.3) is 0 Å². The van der Waals surface area contributed by atoms with Gasteiger partial charge >= 0.3 is 6.03 Å². The molecule has 7 heteroatoms. The van der Waals surface area contributed by atoms with Crippen molar-refractivity contribution in [1.29, 1.82) is 0 Å². The second kappa shape index (κ2) is 12.6. The van der Waals surface area contributed by atoms with Crippen molar-refractivity contribution < 1.29 is 9.59 Å². The summed E-state index contributed by atoms with van der Waals surface area (Å²) < 4.78 is 0. The lowest BCUT2D eigenvalue weighted by Gasteiger charge is -2.26. The molecule has 0 heterocycles. The average molecular weight is 333 g/mol. The number of hydrogen-bond acceptors (Lipinski definition) is 4. The highest BCUT2D eigenvalue weighted by molar-refractivity contribution is 7.80. The summed E-state index contributed by atoms with van der Waals surface area (Å²) in [6.45, 7) is 6.08. The number of unbranched alkanes of at least 4 members (excludes halogenated alkanes) is 1. The van der Waals surface area contributed by atoms with E-state index in [1.165, 1.54) is 0 Å². The van der Waals surface area contributed by atoms with Gasteiger partial charge in [0, 0.05) is 25.9 Å². The third-order valence-electron chi connectivity index (χ3n) is 3.44. The Morgan fingerprint density at radius 1 is 1.18 bits per heavy atom. The topological polar surface area (TPSA) is 87.5 Å². The van der Waals surface area contributed by atoms with Crippen LogP contribution in [-0.2, 0) is 4.79 Å². The first-order chi connectivity index (χ1) is 10.5. The molecular formula is C15H32N4O2S. The van der Waals surface area contributed by atoms with Gasteiger partial charge in [0.15, 0.2) is 0 Å². The van der Waals surface area contributed by atoms with Gasteiger partial charge in [-0.25, -0.2) is 4.79 Å². The molecule has 3 amide bonds. The van der Waals surface area contributed by atoms with Crippen LogP contribution in [0, 0.1) is 5.92 Å². The number of rotatable bonds is 11. The fourth-order valence-electron chi connectivity index (χ4n) is 2.03. The van der Waals surface area contributed by atoms with E-state index in [-0.39, 0.29) is 11.9 Å². The van der Waals surface area contributed by atoms with E-state index in [1.54, 1.807) is 11.9 Å². The molecule has 0 aromatic carbocycles. The molecule has 0 fully saturated rings. The van der Waals surface area contributed by atoms with Crippen LogP contribution < -0.4 is 16.4 Å². The van der Waals surface area contributed by atoms with Gasteiger partial charge in [-0.1, -0.05) is 13.8 Å². The summed E-state index contributed by atoms with van der Waals surface area (Å²) in [6, 6.07) is -0.707. The minimum absolute atomic E-state index is 0.167. The van der Waals surface area contributed by atoms with Crippen molar-refractivity contribution in [3.63, 3.8) is 0 Å². The summed E-state index contributed by atoms with van der Waals surface area (Å²) in [5.41, 5.74) is 5.48. The van der Waals surface area contributed by atoms with Crippen LogP contribution in [0.4, 0.5) is 4.79 Å². The molecule has 0 aliphatic carbocycles. The summed E-state index contributed by atoms with van der Waals surface area (Å²) in [7, 11) is 1.58. The standard InChI is InChI=1S/C15H32N4O2S/c1-12(2)7-9-19(10-11-22)15(21)18-13(14(20)17-3)6-4-5-8-16/h12-13,22H,4-11,16H2,1-3H3,(H,17,20)(H,18,21). The van der Waals surface area contributed by atoms with Crippen LogP contribution in [-0.4, -0.2) is 55.3 Å². The second-order valence-corrected chi connectivity index (χ2v) is 6.24. The first-order valence-electron chi connectivity index (χ1n) is 8.04. The molecule has 1 unspecified atom stereocenters. The Hall–Kier alpha value is -0.950. The number of nitrogens with one attached hydrogen (secondary N) is 2. The van der Waals surface area contributed by atoms with E-state index in [2.05, 4.69) is 37.1 Å². The van der Waals surface area contributed by atoms with Gasteiger partial charge in [0.2, 0.25) is 5.91 Å². The first kappa shape index (κ1) is 21.0. The fraction of sp³-hybridized carbons (Fsp3) is 0.867. The van der Waals surface area contributed by atoms with Crippen LogP contribution >= 0.6 is 12.6 Å². The fourth-order valence-corrected chi connectivity index (χ4v) is 2.27. The Morgan fingerprint density at radius 2 is 1.86 bits per heavy atom. The molecule has 0 aromatic heterocycles. The quantitative estimate of drug-likeness (QED) is 0.339. The van der Waals surface area contributed by atoms with E-state index in [0.717, 1.165) is 19.3 Å². The first-order valence-corrected chi connectivity index (χ1v) is 8.67.